The normalized spacial score (nSPS) is 11.8. The minimum absolute atomic E-state index is 0.184. The predicted molar refractivity (Wildman–Crippen MR) is 115 cm³/mol. The number of rotatable bonds is 10. The molecule has 0 spiro atoms. The van der Waals surface area contributed by atoms with Crippen LogP contribution in [0.5, 0.6) is 11.5 Å². The second-order valence-corrected chi connectivity index (χ2v) is 6.68. The fourth-order valence-electron chi connectivity index (χ4n) is 2.71. The zero-order valence-electron chi connectivity index (χ0n) is 16.1. The van der Waals surface area contributed by atoms with Crippen LogP contribution < -0.4 is 21.1 Å². The second kappa shape index (κ2) is 10.3. The molecular formula is C22H26N4O3. The van der Waals surface area contributed by atoms with Gasteiger partial charge in [0.05, 0.1) is 5.69 Å². The van der Waals surface area contributed by atoms with Gasteiger partial charge in [0.25, 0.3) is 0 Å². The number of hydrogen-bond acceptors (Lipinski definition) is 7. The average molecular weight is 394 g/mol. The predicted octanol–water partition coefficient (Wildman–Crippen LogP) is 2.69. The lowest BCUT2D eigenvalue weighted by molar-refractivity contribution is 0.106. The summed E-state index contributed by atoms with van der Waals surface area (Å²) in [7, 11) is 0. The first-order chi connectivity index (χ1) is 14.1. The number of aromatic nitrogens is 1. The van der Waals surface area contributed by atoms with E-state index in [1.807, 2.05) is 24.3 Å². The Morgan fingerprint density at radius 3 is 2.52 bits per heavy atom. The monoisotopic (exact) mass is 394 g/mol. The van der Waals surface area contributed by atoms with Gasteiger partial charge in [-0.2, -0.15) is 0 Å². The van der Waals surface area contributed by atoms with E-state index >= 15 is 0 Å². The van der Waals surface area contributed by atoms with E-state index in [1.165, 1.54) is 5.56 Å². The molecule has 0 amide bonds. The topological polar surface area (TPSA) is 113 Å². The Labute approximate surface area is 170 Å². The summed E-state index contributed by atoms with van der Waals surface area (Å²) in [4.78, 5) is 4.22. The molecule has 6 N–H and O–H groups in total. The smallest absolute Gasteiger partial charge is 0.153 e. The number of pyridine rings is 1. The van der Waals surface area contributed by atoms with Crippen LogP contribution in [0.3, 0.4) is 0 Å². The van der Waals surface area contributed by atoms with Crippen molar-refractivity contribution in [2.45, 2.75) is 12.5 Å². The number of nitrogen functional groups attached to an aromatic ring is 1. The fourth-order valence-corrected chi connectivity index (χ4v) is 2.71. The maximum absolute atomic E-state index is 10.00. The number of hydrogen-bond donors (Lipinski definition) is 5. The Morgan fingerprint density at radius 1 is 1.03 bits per heavy atom. The highest BCUT2D eigenvalue weighted by molar-refractivity contribution is 5.68. The van der Waals surface area contributed by atoms with Crippen molar-refractivity contribution in [2.75, 3.05) is 30.7 Å². The molecule has 3 aromatic rings. The van der Waals surface area contributed by atoms with Gasteiger partial charge in [-0.15, -0.1) is 0 Å². The third-order valence-corrected chi connectivity index (χ3v) is 4.31. The molecule has 0 bridgehead atoms. The fraction of sp³-hybridized carbons (Fsp3) is 0.227. The van der Waals surface area contributed by atoms with Crippen LogP contribution in [0.2, 0.25) is 0 Å². The van der Waals surface area contributed by atoms with Crippen molar-refractivity contribution in [2.24, 2.45) is 0 Å². The summed E-state index contributed by atoms with van der Waals surface area (Å²) >= 11 is 0. The Bertz CT molecular complexity index is 885. The van der Waals surface area contributed by atoms with Crippen molar-refractivity contribution in [1.82, 2.24) is 10.3 Å². The molecule has 0 aliphatic heterocycles. The highest BCUT2D eigenvalue weighted by atomic mass is 16.5. The first-order valence-electron chi connectivity index (χ1n) is 9.47. The van der Waals surface area contributed by atoms with Crippen molar-refractivity contribution < 1.29 is 14.9 Å². The maximum atomic E-state index is 10.00. The number of nitrogens with one attached hydrogen (secondary N) is 2. The van der Waals surface area contributed by atoms with E-state index in [4.69, 9.17) is 10.5 Å². The lowest BCUT2D eigenvalue weighted by Crippen LogP contribution is -2.32. The van der Waals surface area contributed by atoms with E-state index in [0.29, 0.717) is 23.8 Å². The van der Waals surface area contributed by atoms with Gasteiger partial charge in [-0.3, -0.25) is 0 Å². The van der Waals surface area contributed by atoms with Gasteiger partial charge in [0.2, 0.25) is 0 Å². The number of aromatic hydroxyl groups is 1. The molecule has 2 aromatic carbocycles. The zero-order valence-corrected chi connectivity index (χ0v) is 16.1. The van der Waals surface area contributed by atoms with Crippen LogP contribution in [0.1, 0.15) is 5.56 Å². The number of phenols is 1. The highest BCUT2D eigenvalue weighted by Gasteiger charge is 2.05. The van der Waals surface area contributed by atoms with Gasteiger partial charge < -0.3 is 31.3 Å². The summed E-state index contributed by atoms with van der Waals surface area (Å²) < 4.78 is 5.49. The summed E-state index contributed by atoms with van der Waals surface area (Å²) in [5, 5.41) is 25.7. The summed E-state index contributed by atoms with van der Waals surface area (Å²) in [6.07, 6.45) is 1.93. The van der Waals surface area contributed by atoms with E-state index in [0.717, 1.165) is 18.7 Å². The Morgan fingerprint density at radius 2 is 1.79 bits per heavy atom. The molecule has 7 heteroatoms. The second-order valence-electron chi connectivity index (χ2n) is 6.68. The zero-order chi connectivity index (χ0) is 20.5. The largest absolute Gasteiger partial charge is 0.508 e. The third kappa shape index (κ3) is 6.67. The number of nitrogens with zero attached hydrogens (tertiary/aromatic N) is 1. The van der Waals surface area contributed by atoms with Crippen LogP contribution in [0.4, 0.5) is 17.2 Å². The number of nitrogens with two attached hydrogens (primary N) is 1. The van der Waals surface area contributed by atoms with E-state index in [1.54, 1.807) is 42.6 Å². The van der Waals surface area contributed by atoms with Crippen LogP contribution in [0.25, 0.3) is 0 Å². The molecule has 7 nitrogen and oxygen atoms in total. The van der Waals surface area contributed by atoms with Crippen LogP contribution in [-0.4, -0.2) is 41.0 Å². The van der Waals surface area contributed by atoms with Crippen molar-refractivity contribution in [1.29, 1.82) is 0 Å². The first kappa shape index (κ1) is 20.4. The van der Waals surface area contributed by atoms with Gasteiger partial charge in [0, 0.05) is 18.4 Å². The molecule has 1 heterocycles. The van der Waals surface area contributed by atoms with Gasteiger partial charge in [0.1, 0.15) is 24.2 Å². The van der Waals surface area contributed by atoms with E-state index in [9.17, 15) is 10.2 Å². The number of aliphatic hydroxyl groups excluding tert-OH is 1. The van der Waals surface area contributed by atoms with E-state index in [-0.39, 0.29) is 12.4 Å². The summed E-state index contributed by atoms with van der Waals surface area (Å²) in [5.74, 6) is 1.44. The molecule has 1 aromatic heterocycles. The van der Waals surface area contributed by atoms with E-state index < -0.39 is 6.10 Å². The number of aliphatic hydroxyl groups is 1. The van der Waals surface area contributed by atoms with Crippen molar-refractivity contribution in [3.63, 3.8) is 0 Å². The molecule has 3 rings (SSSR count). The minimum Gasteiger partial charge on any atom is -0.508 e. The lowest BCUT2D eigenvalue weighted by atomic mass is 10.1. The number of anilines is 3. The summed E-state index contributed by atoms with van der Waals surface area (Å²) in [6.45, 7) is 1.38. The molecule has 0 saturated heterocycles. The first-order valence-corrected chi connectivity index (χ1v) is 9.47. The number of ether oxygens (including phenoxy) is 1. The average Bonchev–Trinajstić information content (AvgIpc) is 2.73. The third-order valence-electron chi connectivity index (χ3n) is 4.31. The molecule has 0 saturated carbocycles. The minimum atomic E-state index is -0.612. The molecule has 152 valence electrons. The van der Waals surface area contributed by atoms with Gasteiger partial charge in [-0.25, -0.2) is 4.98 Å². The van der Waals surface area contributed by atoms with Gasteiger partial charge >= 0.3 is 0 Å². The Hall–Kier alpha value is -3.29. The molecule has 0 aliphatic carbocycles. The number of benzene rings is 2. The molecule has 0 radical (unpaired) electrons. The molecule has 0 unspecified atom stereocenters. The van der Waals surface area contributed by atoms with E-state index in [2.05, 4.69) is 15.6 Å². The van der Waals surface area contributed by atoms with Crippen molar-refractivity contribution in [3.8, 4) is 11.5 Å². The standard InChI is InChI=1S/C22H26N4O3/c23-21-2-1-12-25-22(21)26-17-5-3-16(4-6-17)11-13-24-14-19(28)15-29-20-9-7-18(27)8-10-20/h1-10,12,19,24,27-28H,11,13-15,23H2,(H,25,26)/t19-/m1/s1. The molecule has 0 fully saturated rings. The molecule has 0 aliphatic rings. The molecule has 1 atom stereocenters. The Balaban J connectivity index is 1.35. The van der Waals surface area contributed by atoms with Crippen molar-refractivity contribution >= 4 is 17.2 Å². The van der Waals surface area contributed by atoms with Gasteiger partial charge in [-0.05, 0) is 67.1 Å². The highest BCUT2D eigenvalue weighted by Crippen LogP contribution is 2.20. The van der Waals surface area contributed by atoms with Crippen LogP contribution in [0.15, 0.2) is 66.9 Å². The Kier molecular flexibility index (Phi) is 7.27. The lowest BCUT2D eigenvalue weighted by Gasteiger charge is -2.13. The van der Waals surface area contributed by atoms with Crippen LogP contribution in [-0.2, 0) is 6.42 Å². The number of phenolic OH excluding ortho intramolecular Hbond substituents is 1. The SMILES string of the molecule is Nc1cccnc1Nc1ccc(CCNC[C@@H](O)COc2ccc(O)cc2)cc1. The summed E-state index contributed by atoms with van der Waals surface area (Å²) in [5.41, 5.74) is 8.61. The summed E-state index contributed by atoms with van der Waals surface area (Å²) in [6, 6.07) is 18.1. The van der Waals surface area contributed by atoms with Gasteiger partial charge in [0.15, 0.2) is 5.82 Å². The maximum Gasteiger partial charge on any atom is 0.153 e. The van der Waals surface area contributed by atoms with Crippen LogP contribution in [0, 0.1) is 0 Å². The molecule has 29 heavy (non-hydrogen) atoms. The molecular weight excluding hydrogens is 368 g/mol. The quantitative estimate of drug-likeness (QED) is 0.336. The van der Waals surface area contributed by atoms with Gasteiger partial charge in [-0.1, -0.05) is 12.1 Å². The van der Waals surface area contributed by atoms with Crippen molar-refractivity contribution in [3.05, 3.63) is 72.4 Å². The van der Waals surface area contributed by atoms with Crippen LogP contribution >= 0.6 is 0 Å².